The Bertz CT molecular complexity index is 717. The second-order valence-corrected chi connectivity index (χ2v) is 6.71. The SMILES string of the molecule is C[C@@H]1C(=O)C(C#N)=C[C@]2(C)C(=O)N(Cc3ccccc3)CC[C@@H]12. The fourth-order valence-corrected chi connectivity index (χ4v) is 3.97. The highest BCUT2D eigenvalue weighted by Crippen LogP contribution is 2.47. The number of hydrogen-bond acceptors (Lipinski definition) is 3. The number of allylic oxidation sites excluding steroid dienone is 1. The van der Waals surface area contributed by atoms with Crippen molar-refractivity contribution in [3.63, 3.8) is 0 Å². The van der Waals surface area contributed by atoms with Crippen LogP contribution < -0.4 is 0 Å². The second kappa shape index (κ2) is 5.66. The van der Waals surface area contributed by atoms with Crippen LogP contribution in [0.5, 0.6) is 0 Å². The Labute approximate surface area is 136 Å². The molecule has 3 atom stereocenters. The van der Waals surface area contributed by atoms with E-state index >= 15 is 0 Å². The summed E-state index contributed by atoms with van der Waals surface area (Å²) in [6, 6.07) is 11.9. The minimum atomic E-state index is -0.759. The van der Waals surface area contributed by atoms with Gasteiger partial charge in [-0.25, -0.2) is 0 Å². The standard InChI is InChI=1S/C19H20N2O2/c1-13-16-8-9-21(12-14-6-4-3-5-7-14)18(23)19(16,2)10-15(11-20)17(13)22/h3-7,10,13,16H,8-9,12H2,1-2H3/t13-,16-,19-/m0/s1. The summed E-state index contributed by atoms with van der Waals surface area (Å²) in [5.74, 6) is -0.405. The molecule has 1 amide bonds. The number of nitriles is 1. The van der Waals surface area contributed by atoms with E-state index in [4.69, 9.17) is 0 Å². The first-order valence-corrected chi connectivity index (χ1v) is 7.98. The molecule has 0 saturated carbocycles. The largest absolute Gasteiger partial charge is 0.338 e. The molecular weight excluding hydrogens is 288 g/mol. The van der Waals surface area contributed by atoms with Crippen molar-refractivity contribution in [2.24, 2.45) is 17.3 Å². The Hall–Kier alpha value is -2.41. The van der Waals surface area contributed by atoms with Crippen molar-refractivity contribution in [3.05, 3.63) is 47.5 Å². The Morgan fingerprint density at radius 3 is 2.65 bits per heavy atom. The maximum atomic E-state index is 13.1. The minimum Gasteiger partial charge on any atom is -0.338 e. The third-order valence-corrected chi connectivity index (χ3v) is 5.29. The minimum absolute atomic E-state index is 0.0182. The molecule has 1 aliphatic heterocycles. The number of hydrogen-bond donors (Lipinski definition) is 0. The number of rotatable bonds is 2. The maximum Gasteiger partial charge on any atom is 0.232 e. The summed E-state index contributed by atoms with van der Waals surface area (Å²) in [6.07, 6.45) is 2.40. The van der Waals surface area contributed by atoms with Crippen LogP contribution in [0.4, 0.5) is 0 Å². The fraction of sp³-hybridized carbons (Fsp3) is 0.421. The number of nitrogens with zero attached hydrogens (tertiary/aromatic N) is 2. The second-order valence-electron chi connectivity index (χ2n) is 6.71. The molecule has 23 heavy (non-hydrogen) atoms. The molecule has 0 bridgehead atoms. The summed E-state index contributed by atoms with van der Waals surface area (Å²) in [6.45, 7) is 4.94. The van der Waals surface area contributed by atoms with Gasteiger partial charge in [0.15, 0.2) is 5.78 Å². The van der Waals surface area contributed by atoms with Gasteiger partial charge in [-0.05, 0) is 30.9 Å². The lowest BCUT2D eigenvalue weighted by atomic mass is 9.61. The zero-order valence-electron chi connectivity index (χ0n) is 13.5. The number of likely N-dealkylation sites (tertiary alicyclic amines) is 1. The van der Waals surface area contributed by atoms with Crippen molar-refractivity contribution in [1.29, 1.82) is 5.26 Å². The van der Waals surface area contributed by atoms with Crippen LogP contribution >= 0.6 is 0 Å². The number of carbonyl (C=O) groups excluding carboxylic acids is 2. The first-order chi connectivity index (χ1) is 11.0. The van der Waals surface area contributed by atoms with Crippen LogP contribution in [0.2, 0.25) is 0 Å². The zero-order valence-corrected chi connectivity index (χ0v) is 13.5. The van der Waals surface area contributed by atoms with Gasteiger partial charge in [0.2, 0.25) is 5.91 Å². The molecule has 1 aromatic rings. The van der Waals surface area contributed by atoms with Crippen LogP contribution in [0.3, 0.4) is 0 Å². The smallest absolute Gasteiger partial charge is 0.232 e. The van der Waals surface area contributed by atoms with Crippen molar-refractivity contribution in [2.45, 2.75) is 26.8 Å². The molecular formula is C19H20N2O2. The van der Waals surface area contributed by atoms with Crippen molar-refractivity contribution in [3.8, 4) is 6.07 Å². The van der Waals surface area contributed by atoms with Crippen LogP contribution in [0.15, 0.2) is 42.0 Å². The number of benzene rings is 1. The maximum absolute atomic E-state index is 13.1. The molecule has 0 aromatic heterocycles. The van der Waals surface area contributed by atoms with Gasteiger partial charge in [0.1, 0.15) is 6.07 Å². The van der Waals surface area contributed by atoms with Gasteiger partial charge in [-0.1, -0.05) is 37.3 Å². The van der Waals surface area contributed by atoms with Crippen molar-refractivity contribution < 1.29 is 9.59 Å². The summed E-state index contributed by atoms with van der Waals surface area (Å²) in [7, 11) is 0. The van der Waals surface area contributed by atoms with Crippen LogP contribution in [0, 0.1) is 28.6 Å². The molecule has 0 N–H and O–H groups in total. The first-order valence-electron chi connectivity index (χ1n) is 7.98. The topological polar surface area (TPSA) is 61.2 Å². The molecule has 1 aromatic carbocycles. The normalized spacial score (nSPS) is 30.5. The molecule has 1 aliphatic carbocycles. The third kappa shape index (κ3) is 2.46. The lowest BCUT2D eigenvalue weighted by Gasteiger charge is -2.47. The summed E-state index contributed by atoms with van der Waals surface area (Å²) >= 11 is 0. The Balaban J connectivity index is 1.92. The van der Waals surface area contributed by atoms with Gasteiger partial charge in [-0.15, -0.1) is 0 Å². The molecule has 118 valence electrons. The highest BCUT2D eigenvalue weighted by molar-refractivity contribution is 6.04. The van der Waals surface area contributed by atoms with E-state index in [2.05, 4.69) is 0 Å². The van der Waals surface area contributed by atoms with Crippen LogP contribution in [0.25, 0.3) is 0 Å². The third-order valence-electron chi connectivity index (χ3n) is 5.29. The average molecular weight is 308 g/mol. The van der Waals surface area contributed by atoms with Gasteiger partial charge < -0.3 is 4.90 Å². The molecule has 2 aliphatic rings. The van der Waals surface area contributed by atoms with E-state index in [0.717, 1.165) is 12.0 Å². The van der Waals surface area contributed by atoms with Gasteiger partial charge >= 0.3 is 0 Å². The van der Waals surface area contributed by atoms with E-state index in [1.807, 2.05) is 55.1 Å². The van der Waals surface area contributed by atoms with E-state index < -0.39 is 5.41 Å². The summed E-state index contributed by atoms with van der Waals surface area (Å²) in [4.78, 5) is 27.1. The van der Waals surface area contributed by atoms with Crippen LogP contribution in [-0.2, 0) is 16.1 Å². The predicted molar refractivity (Wildman–Crippen MR) is 85.9 cm³/mol. The van der Waals surface area contributed by atoms with Gasteiger partial charge in [0.05, 0.1) is 11.0 Å². The van der Waals surface area contributed by atoms with Crippen molar-refractivity contribution in [1.82, 2.24) is 4.90 Å². The molecule has 1 heterocycles. The lowest BCUT2D eigenvalue weighted by Crippen LogP contribution is -2.55. The van der Waals surface area contributed by atoms with Gasteiger partial charge in [0, 0.05) is 19.0 Å². The van der Waals surface area contributed by atoms with E-state index in [0.29, 0.717) is 13.1 Å². The molecule has 0 radical (unpaired) electrons. The zero-order chi connectivity index (χ0) is 16.6. The van der Waals surface area contributed by atoms with E-state index in [1.165, 1.54) is 0 Å². The Morgan fingerprint density at radius 2 is 2.00 bits per heavy atom. The quantitative estimate of drug-likeness (QED) is 0.844. The highest BCUT2D eigenvalue weighted by atomic mass is 16.2. The Morgan fingerprint density at radius 1 is 1.30 bits per heavy atom. The molecule has 1 saturated heterocycles. The van der Waals surface area contributed by atoms with Gasteiger partial charge in [0.25, 0.3) is 0 Å². The predicted octanol–water partition coefficient (Wildman–Crippen LogP) is 2.71. The number of ketones is 1. The molecule has 3 rings (SSSR count). The number of piperidine rings is 1. The fourth-order valence-electron chi connectivity index (χ4n) is 3.97. The number of carbonyl (C=O) groups is 2. The van der Waals surface area contributed by atoms with Crippen LogP contribution in [-0.4, -0.2) is 23.1 Å². The van der Waals surface area contributed by atoms with E-state index in [-0.39, 0.29) is 29.1 Å². The number of Topliss-reactive ketones (excluding diaryl/α,β-unsaturated/α-hetero) is 1. The molecule has 4 nitrogen and oxygen atoms in total. The van der Waals surface area contributed by atoms with Gasteiger partial charge in [-0.2, -0.15) is 5.26 Å². The summed E-state index contributed by atoms with van der Waals surface area (Å²) in [5.41, 5.74) is 0.462. The monoisotopic (exact) mass is 308 g/mol. The van der Waals surface area contributed by atoms with E-state index in [1.54, 1.807) is 6.08 Å². The average Bonchev–Trinajstić information content (AvgIpc) is 2.56. The van der Waals surface area contributed by atoms with Crippen LogP contribution in [0.1, 0.15) is 25.8 Å². The molecule has 0 unspecified atom stereocenters. The molecule has 0 spiro atoms. The molecule has 1 fully saturated rings. The summed E-state index contributed by atoms with van der Waals surface area (Å²) in [5, 5.41) is 9.21. The highest BCUT2D eigenvalue weighted by Gasteiger charge is 2.52. The summed E-state index contributed by atoms with van der Waals surface area (Å²) < 4.78 is 0. The first kappa shape index (κ1) is 15.5. The number of fused-ring (bicyclic) bond motifs is 1. The van der Waals surface area contributed by atoms with E-state index in [9.17, 15) is 14.9 Å². The van der Waals surface area contributed by atoms with Crippen molar-refractivity contribution >= 4 is 11.7 Å². The Kier molecular flexibility index (Phi) is 3.81. The molecule has 4 heteroatoms. The number of amides is 1. The van der Waals surface area contributed by atoms with Gasteiger partial charge in [-0.3, -0.25) is 9.59 Å². The lowest BCUT2D eigenvalue weighted by molar-refractivity contribution is -0.150. The van der Waals surface area contributed by atoms with Crippen molar-refractivity contribution in [2.75, 3.05) is 6.54 Å².